The van der Waals surface area contributed by atoms with Gasteiger partial charge in [-0.2, -0.15) is 0 Å². The number of thioether (sulfide) groups is 1. The molecule has 2 aromatic heterocycles. The van der Waals surface area contributed by atoms with E-state index >= 15 is 0 Å². The van der Waals surface area contributed by atoms with Crippen LogP contribution in [0.25, 0.3) is 0 Å². The second-order valence-corrected chi connectivity index (χ2v) is 7.65. The largest absolute Gasteiger partial charge is 0.494 e. The summed E-state index contributed by atoms with van der Waals surface area (Å²) < 4.78 is 10.9. The Morgan fingerprint density at radius 1 is 1.17 bits per heavy atom. The van der Waals surface area contributed by atoms with Gasteiger partial charge >= 0.3 is 0 Å². The van der Waals surface area contributed by atoms with Crippen LogP contribution in [0.1, 0.15) is 33.8 Å². The molecule has 3 aromatic rings. The normalized spacial score (nSPS) is 10.7. The summed E-state index contributed by atoms with van der Waals surface area (Å²) in [5.74, 6) is 2.26. The van der Waals surface area contributed by atoms with Crippen LogP contribution in [0.15, 0.2) is 58.2 Å². The van der Waals surface area contributed by atoms with E-state index in [1.165, 1.54) is 11.8 Å². The number of para-hydroxylation sites is 1. The lowest BCUT2D eigenvalue weighted by Gasteiger charge is -2.18. The zero-order chi connectivity index (χ0) is 20.6. The lowest BCUT2D eigenvalue weighted by atomic mass is 10.2. The molecule has 2 heterocycles. The Morgan fingerprint density at radius 3 is 2.69 bits per heavy atom. The van der Waals surface area contributed by atoms with Crippen LogP contribution in [0.2, 0.25) is 0 Å². The smallest absolute Gasteiger partial charge is 0.256 e. The molecule has 29 heavy (non-hydrogen) atoms. The topological polar surface area (TPSA) is 68.5 Å². The van der Waals surface area contributed by atoms with Crippen LogP contribution in [0.3, 0.4) is 0 Å². The van der Waals surface area contributed by atoms with Gasteiger partial charge in [-0.25, -0.2) is 4.98 Å². The van der Waals surface area contributed by atoms with Crippen LogP contribution in [0.4, 0.5) is 0 Å². The van der Waals surface area contributed by atoms with Crippen molar-refractivity contribution in [2.24, 2.45) is 0 Å². The fourth-order valence-corrected chi connectivity index (χ4v) is 3.97. The molecular formula is C22H25N3O3S. The van der Waals surface area contributed by atoms with Gasteiger partial charge in [0.2, 0.25) is 0 Å². The van der Waals surface area contributed by atoms with Crippen molar-refractivity contribution in [3.05, 3.63) is 71.2 Å². The van der Waals surface area contributed by atoms with Crippen molar-refractivity contribution in [3.63, 3.8) is 0 Å². The second-order valence-electron chi connectivity index (χ2n) is 6.69. The van der Waals surface area contributed by atoms with E-state index in [0.29, 0.717) is 29.5 Å². The molecule has 0 saturated carbocycles. The molecule has 0 N–H and O–H groups in total. The molecule has 1 aromatic carbocycles. The Hall–Kier alpha value is -2.80. The van der Waals surface area contributed by atoms with E-state index < -0.39 is 0 Å². The molecule has 152 valence electrons. The van der Waals surface area contributed by atoms with Gasteiger partial charge < -0.3 is 14.2 Å². The van der Waals surface area contributed by atoms with Gasteiger partial charge in [0.1, 0.15) is 16.5 Å². The van der Waals surface area contributed by atoms with E-state index in [2.05, 4.69) is 10.1 Å². The average Bonchev–Trinajstić information content (AvgIpc) is 3.07. The number of carbonyl (C=O) groups is 1. The van der Waals surface area contributed by atoms with Crippen molar-refractivity contribution in [1.29, 1.82) is 0 Å². The first-order chi connectivity index (χ1) is 14.1. The number of aryl methyl sites for hydroxylation is 2. The van der Waals surface area contributed by atoms with Gasteiger partial charge in [-0.1, -0.05) is 23.4 Å². The van der Waals surface area contributed by atoms with Crippen molar-refractivity contribution in [3.8, 4) is 5.75 Å². The zero-order valence-corrected chi connectivity index (χ0v) is 17.7. The number of hydrogen-bond acceptors (Lipinski definition) is 6. The third-order valence-corrected chi connectivity index (χ3v) is 5.56. The summed E-state index contributed by atoms with van der Waals surface area (Å²) in [6.07, 6.45) is 2.46. The Bertz CT molecular complexity index is 924. The Morgan fingerprint density at radius 2 is 1.97 bits per heavy atom. The highest BCUT2D eigenvalue weighted by Crippen LogP contribution is 2.27. The zero-order valence-electron chi connectivity index (χ0n) is 16.9. The lowest BCUT2D eigenvalue weighted by Crippen LogP contribution is -2.29. The highest BCUT2D eigenvalue weighted by molar-refractivity contribution is 7.98. The number of benzene rings is 1. The Kier molecular flexibility index (Phi) is 7.30. The molecule has 0 saturated heterocycles. The standard InChI is InChI=1S/C22H25N3O3S/c1-16-20(17(2)28-24-16)15-29-21-19(11-7-12-23-21)22(26)25(3)13-8-14-27-18-9-5-4-6-10-18/h4-7,9-12H,8,13-15H2,1-3H3. The van der Waals surface area contributed by atoms with Crippen LogP contribution in [-0.4, -0.2) is 41.1 Å². The van der Waals surface area contributed by atoms with E-state index in [1.807, 2.05) is 50.2 Å². The third-order valence-electron chi connectivity index (χ3n) is 4.53. The van der Waals surface area contributed by atoms with Crippen molar-refractivity contribution in [1.82, 2.24) is 15.0 Å². The van der Waals surface area contributed by atoms with E-state index in [0.717, 1.165) is 29.2 Å². The predicted molar refractivity (Wildman–Crippen MR) is 113 cm³/mol. The fourth-order valence-electron chi connectivity index (χ4n) is 2.83. The lowest BCUT2D eigenvalue weighted by molar-refractivity contribution is 0.0783. The first-order valence-electron chi connectivity index (χ1n) is 9.49. The predicted octanol–water partition coefficient (Wildman–Crippen LogP) is 4.52. The molecule has 6 nitrogen and oxygen atoms in total. The Balaban J connectivity index is 1.55. The highest BCUT2D eigenvalue weighted by atomic mass is 32.2. The molecule has 0 bridgehead atoms. The summed E-state index contributed by atoms with van der Waals surface area (Å²) in [6.45, 7) is 4.98. The summed E-state index contributed by atoms with van der Waals surface area (Å²) >= 11 is 1.52. The first kappa shape index (κ1) is 20.9. The van der Waals surface area contributed by atoms with Gasteiger partial charge in [-0.05, 0) is 44.5 Å². The van der Waals surface area contributed by atoms with Crippen molar-refractivity contribution < 1.29 is 14.1 Å². The summed E-state index contributed by atoms with van der Waals surface area (Å²) in [5.41, 5.74) is 2.52. The van der Waals surface area contributed by atoms with Crippen molar-refractivity contribution in [2.45, 2.75) is 31.0 Å². The van der Waals surface area contributed by atoms with Gasteiger partial charge in [0, 0.05) is 31.1 Å². The molecule has 0 spiro atoms. The van der Waals surface area contributed by atoms with E-state index in [9.17, 15) is 4.79 Å². The SMILES string of the molecule is Cc1noc(C)c1CSc1ncccc1C(=O)N(C)CCCOc1ccccc1. The van der Waals surface area contributed by atoms with Crippen LogP contribution in [0, 0.1) is 13.8 Å². The van der Waals surface area contributed by atoms with Gasteiger partial charge in [0.25, 0.3) is 5.91 Å². The molecular weight excluding hydrogens is 386 g/mol. The highest BCUT2D eigenvalue weighted by Gasteiger charge is 2.18. The van der Waals surface area contributed by atoms with E-state index in [1.54, 1.807) is 24.2 Å². The van der Waals surface area contributed by atoms with Crippen LogP contribution in [-0.2, 0) is 5.75 Å². The Labute approximate surface area is 175 Å². The maximum Gasteiger partial charge on any atom is 0.256 e. The number of aromatic nitrogens is 2. The monoisotopic (exact) mass is 411 g/mol. The number of carbonyl (C=O) groups excluding carboxylic acids is 1. The van der Waals surface area contributed by atoms with Crippen molar-refractivity contribution in [2.75, 3.05) is 20.2 Å². The molecule has 0 fully saturated rings. The first-order valence-corrected chi connectivity index (χ1v) is 10.5. The van der Waals surface area contributed by atoms with Gasteiger partial charge in [0.15, 0.2) is 0 Å². The molecule has 3 rings (SSSR count). The molecule has 0 aliphatic heterocycles. The number of rotatable bonds is 9. The summed E-state index contributed by atoms with van der Waals surface area (Å²) in [6, 6.07) is 13.3. The number of hydrogen-bond donors (Lipinski definition) is 0. The number of nitrogens with zero attached hydrogens (tertiary/aromatic N) is 3. The van der Waals surface area contributed by atoms with Crippen LogP contribution < -0.4 is 4.74 Å². The number of amides is 1. The van der Waals surface area contributed by atoms with Crippen LogP contribution >= 0.6 is 11.8 Å². The van der Waals surface area contributed by atoms with Gasteiger partial charge in [-0.3, -0.25) is 4.79 Å². The molecule has 0 aliphatic rings. The maximum absolute atomic E-state index is 12.9. The summed E-state index contributed by atoms with van der Waals surface area (Å²) in [4.78, 5) is 19.1. The molecule has 1 amide bonds. The minimum absolute atomic E-state index is 0.0425. The van der Waals surface area contributed by atoms with Crippen LogP contribution in [0.5, 0.6) is 5.75 Å². The van der Waals surface area contributed by atoms with Crippen molar-refractivity contribution >= 4 is 17.7 Å². The quantitative estimate of drug-likeness (QED) is 0.381. The molecule has 7 heteroatoms. The van der Waals surface area contributed by atoms with Gasteiger partial charge in [-0.15, -0.1) is 11.8 Å². The van der Waals surface area contributed by atoms with E-state index in [-0.39, 0.29) is 5.91 Å². The molecule has 0 unspecified atom stereocenters. The molecule has 0 radical (unpaired) electrons. The summed E-state index contributed by atoms with van der Waals surface area (Å²) in [5, 5.41) is 4.69. The van der Waals surface area contributed by atoms with Gasteiger partial charge in [0.05, 0.1) is 17.9 Å². The average molecular weight is 412 g/mol. The second kappa shape index (κ2) is 10.1. The molecule has 0 atom stereocenters. The summed E-state index contributed by atoms with van der Waals surface area (Å²) in [7, 11) is 1.81. The van der Waals surface area contributed by atoms with E-state index in [4.69, 9.17) is 9.26 Å². The number of ether oxygens (including phenoxy) is 1. The molecule has 0 aliphatic carbocycles. The minimum Gasteiger partial charge on any atom is -0.494 e. The maximum atomic E-state index is 12.9. The fraction of sp³-hybridized carbons (Fsp3) is 0.318. The number of pyridine rings is 1. The third kappa shape index (κ3) is 5.60. The minimum atomic E-state index is -0.0425.